The summed E-state index contributed by atoms with van der Waals surface area (Å²) < 4.78 is 76.9. The van der Waals surface area contributed by atoms with Gasteiger partial charge in [0.15, 0.2) is 0 Å². The van der Waals surface area contributed by atoms with E-state index in [1.165, 1.54) is 19.1 Å². The predicted octanol–water partition coefficient (Wildman–Crippen LogP) is 3.63. The van der Waals surface area contributed by atoms with Crippen molar-refractivity contribution in [2.75, 3.05) is 0 Å². The van der Waals surface area contributed by atoms with Crippen LogP contribution in [-0.4, -0.2) is 8.42 Å². The van der Waals surface area contributed by atoms with Gasteiger partial charge in [0.05, 0.1) is 10.5 Å². The van der Waals surface area contributed by atoms with Crippen LogP contribution in [0.15, 0.2) is 47.4 Å². The fraction of sp³-hybridized carbons (Fsp3) is 0.200. The number of rotatable bonds is 4. The minimum atomic E-state index is -4.44. The van der Waals surface area contributed by atoms with Crippen LogP contribution < -0.4 is 4.72 Å². The highest BCUT2D eigenvalue weighted by Gasteiger charge is 2.30. The molecule has 0 saturated heterocycles. The van der Waals surface area contributed by atoms with Crippen LogP contribution in [0, 0.1) is 12.7 Å². The highest BCUT2D eigenvalue weighted by Crippen LogP contribution is 2.29. The van der Waals surface area contributed by atoms with Gasteiger partial charge in [-0.25, -0.2) is 17.5 Å². The number of aryl methyl sites for hydroxylation is 1. The highest BCUT2D eigenvalue weighted by atomic mass is 32.2. The van der Waals surface area contributed by atoms with Crippen LogP contribution >= 0.6 is 0 Å². The molecule has 0 spiro atoms. The van der Waals surface area contributed by atoms with Crippen molar-refractivity contribution in [3.05, 3.63) is 65.0 Å². The Hall–Kier alpha value is -1.93. The summed E-state index contributed by atoms with van der Waals surface area (Å²) in [6.07, 6.45) is -4.44. The fourth-order valence-corrected chi connectivity index (χ4v) is 3.22. The Morgan fingerprint density at radius 2 is 1.65 bits per heavy atom. The molecule has 0 radical (unpaired) electrons. The van der Waals surface area contributed by atoms with E-state index in [-0.39, 0.29) is 17.0 Å². The second-order valence-electron chi connectivity index (χ2n) is 4.93. The van der Waals surface area contributed by atoms with E-state index in [1.807, 2.05) is 0 Å². The number of nitrogens with one attached hydrogen (secondary N) is 1. The Bertz CT molecular complexity index is 799. The molecule has 1 N–H and O–H groups in total. The lowest BCUT2D eigenvalue weighted by atomic mass is 10.1. The summed E-state index contributed by atoms with van der Waals surface area (Å²) >= 11 is 0. The molecule has 0 saturated carbocycles. The van der Waals surface area contributed by atoms with Gasteiger partial charge in [-0.3, -0.25) is 0 Å². The monoisotopic (exact) mass is 347 g/mol. The zero-order valence-electron chi connectivity index (χ0n) is 12.0. The summed E-state index contributed by atoms with van der Waals surface area (Å²) in [4.78, 5) is -0.0780. The summed E-state index contributed by atoms with van der Waals surface area (Å²) in [5.74, 6) is -0.552. The first-order chi connectivity index (χ1) is 10.6. The molecule has 0 unspecified atom stereocenters. The molecule has 0 amide bonds. The van der Waals surface area contributed by atoms with Gasteiger partial charge in [0.1, 0.15) is 5.82 Å². The van der Waals surface area contributed by atoms with Crippen molar-refractivity contribution in [1.82, 2.24) is 4.72 Å². The van der Waals surface area contributed by atoms with Crippen molar-refractivity contribution < 1.29 is 26.0 Å². The van der Waals surface area contributed by atoms with Crippen molar-refractivity contribution >= 4 is 10.0 Å². The minimum absolute atomic E-state index is 0.0780. The lowest BCUT2D eigenvalue weighted by molar-refractivity contribution is -0.137. The molecule has 2 rings (SSSR count). The van der Waals surface area contributed by atoms with Gasteiger partial charge < -0.3 is 0 Å². The third-order valence-electron chi connectivity index (χ3n) is 3.17. The first-order valence-electron chi connectivity index (χ1n) is 6.51. The van der Waals surface area contributed by atoms with E-state index in [4.69, 9.17) is 0 Å². The molecule has 3 nitrogen and oxygen atoms in total. The molecule has 0 atom stereocenters. The van der Waals surface area contributed by atoms with Gasteiger partial charge in [0.2, 0.25) is 10.0 Å². The third-order valence-corrected chi connectivity index (χ3v) is 4.74. The van der Waals surface area contributed by atoms with E-state index in [9.17, 15) is 26.0 Å². The molecular formula is C15H13F4NO2S. The molecule has 0 aliphatic carbocycles. The molecular weight excluding hydrogens is 334 g/mol. The topological polar surface area (TPSA) is 46.2 Å². The Labute approximate surface area is 131 Å². The number of halogens is 4. The number of hydrogen-bond acceptors (Lipinski definition) is 2. The molecule has 0 aliphatic heterocycles. The lowest BCUT2D eigenvalue weighted by Crippen LogP contribution is -2.24. The van der Waals surface area contributed by atoms with Crippen LogP contribution in [0.2, 0.25) is 0 Å². The normalized spacial score (nSPS) is 12.4. The predicted molar refractivity (Wildman–Crippen MR) is 76.6 cm³/mol. The zero-order chi connectivity index (χ0) is 17.3. The number of sulfonamides is 1. The van der Waals surface area contributed by atoms with Gasteiger partial charge in [-0.15, -0.1) is 0 Å². The van der Waals surface area contributed by atoms with Gasteiger partial charge >= 0.3 is 6.18 Å². The van der Waals surface area contributed by atoms with Gasteiger partial charge in [-0.1, -0.05) is 12.1 Å². The Kier molecular flexibility index (Phi) is 4.76. The van der Waals surface area contributed by atoms with E-state index in [1.54, 1.807) is 0 Å². The number of alkyl halides is 3. The molecule has 2 aromatic rings. The maximum Gasteiger partial charge on any atom is 0.416 e. The maximum atomic E-state index is 13.0. The Morgan fingerprint density at radius 3 is 2.17 bits per heavy atom. The highest BCUT2D eigenvalue weighted by molar-refractivity contribution is 7.89. The summed E-state index contributed by atoms with van der Waals surface area (Å²) in [6, 6.07) is 7.41. The Morgan fingerprint density at radius 1 is 1.04 bits per heavy atom. The van der Waals surface area contributed by atoms with Crippen molar-refractivity contribution in [3.63, 3.8) is 0 Å². The first kappa shape index (κ1) is 17.4. The molecule has 0 aromatic heterocycles. The quantitative estimate of drug-likeness (QED) is 0.859. The van der Waals surface area contributed by atoms with Gasteiger partial charge in [0, 0.05) is 6.54 Å². The van der Waals surface area contributed by atoms with Gasteiger partial charge in [-0.2, -0.15) is 13.2 Å². The molecule has 2 aromatic carbocycles. The Balaban J connectivity index is 2.13. The van der Waals surface area contributed by atoms with Crippen LogP contribution in [-0.2, 0) is 22.7 Å². The van der Waals surface area contributed by atoms with E-state index >= 15 is 0 Å². The van der Waals surface area contributed by atoms with Crippen molar-refractivity contribution in [2.45, 2.75) is 24.5 Å². The van der Waals surface area contributed by atoms with Crippen molar-refractivity contribution in [2.24, 2.45) is 0 Å². The summed E-state index contributed by atoms with van der Waals surface area (Å²) in [5, 5.41) is 0. The van der Waals surface area contributed by atoms with Gasteiger partial charge in [-0.05, 0) is 48.4 Å². The van der Waals surface area contributed by atoms with E-state index in [0.29, 0.717) is 5.56 Å². The average Bonchev–Trinajstić information content (AvgIpc) is 2.44. The minimum Gasteiger partial charge on any atom is -0.207 e. The molecule has 0 aliphatic rings. The number of benzene rings is 2. The smallest absolute Gasteiger partial charge is 0.207 e. The lowest BCUT2D eigenvalue weighted by Gasteiger charge is -2.10. The third kappa shape index (κ3) is 4.29. The maximum absolute atomic E-state index is 13.0. The second-order valence-corrected chi connectivity index (χ2v) is 6.66. The largest absolute Gasteiger partial charge is 0.416 e. The molecule has 8 heteroatoms. The van der Waals surface area contributed by atoms with E-state index < -0.39 is 27.6 Å². The van der Waals surface area contributed by atoms with Gasteiger partial charge in [0.25, 0.3) is 0 Å². The first-order valence-corrected chi connectivity index (χ1v) is 8.00. The number of hydrogen-bond donors (Lipinski definition) is 1. The van der Waals surface area contributed by atoms with Crippen LogP contribution in [0.4, 0.5) is 17.6 Å². The average molecular weight is 347 g/mol. The van der Waals surface area contributed by atoms with Crippen LogP contribution in [0.25, 0.3) is 0 Å². The SMILES string of the molecule is Cc1cc(F)ccc1S(=O)(=O)NCc1ccc(C(F)(F)F)cc1. The summed E-state index contributed by atoms with van der Waals surface area (Å²) in [6.45, 7) is 1.28. The summed E-state index contributed by atoms with van der Waals surface area (Å²) in [5.41, 5.74) is -0.190. The standard InChI is InChI=1S/C15H13F4NO2S/c1-10-8-13(16)6-7-14(10)23(21,22)20-9-11-2-4-12(5-3-11)15(17,18)19/h2-8,20H,9H2,1H3. The molecule has 23 heavy (non-hydrogen) atoms. The molecule has 0 bridgehead atoms. The van der Waals surface area contributed by atoms with Crippen LogP contribution in [0.1, 0.15) is 16.7 Å². The van der Waals surface area contributed by atoms with Crippen molar-refractivity contribution in [1.29, 1.82) is 0 Å². The molecule has 0 heterocycles. The fourth-order valence-electron chi connectivity index (χ4n) is 1.98. The zero-order valence-corrected chi connectivity index (χ0v) is 12.8. The van der Waals surface area contributed by atoms with Crippen LogP contribution in [0.5, 0.6) is 0 Å². The van der Waals surface area contributed by atoms with E-state index in [2.05, 4.69) is 4.72 Å². The summed E-state index contributed by atoms with van der Waals surface area (Å²) in [7, 11) is -3.88. The second kappa shape index (κ2) is 6.29. The van der Waals surface area contributed by atoms with Crippen LogP contribution in [0.3, 0.4) is 0 Å². The van der Waals surface area contributed by atoms with E-state index in [0.717, 1.165) is 30.3 Å². The van der Waals surface area contributed by atoms with Crippen molar-refractivity contribution in [3.8, 4) is 0 Å². The molecule has 0 fully saturated rings. The molecule has 124 valence electrons.